The highest BCUT2D eigenvalue weighted by Crippen LogP contribution is 1.97. The van der Waals surface area contributed by atoms with E-state index in [1.54, 1.807) is 12.4 Å². The van der Waals surface area contributed by atoms with Crippen LogP contribution in [0.2, 0.25) is 0 Å². The Bertz CT molecular complexity index is 295. The second-order valence-electron chi connectivity index (χ2n) is 2.43. The Labute approximate surface area is 76.5 Å². The maximum Gasteiger partial charge on any atom is 0.312 e. The molecule has 0 spiro atoms. The SMILES string of the molecule is NC(=O)NCC=Cc1ccncc1. The first-order valence-corrected chi connectivity index (χ1v) is 3.89. The number of nitrogens with one attached hydrogen (secondary N) is 1. The average Bonchev–Trinajstić information content (AvgIpc) is 2.14. The summed E-state index contributed by atoms with van der Waals surface area (Å²) in [6.07, 6.45) is 7.13. The summed E-state index contributed by atoms with van der Waals surface area (Å²) < 4.78 is 0. The number of hydrogen-bond donors (Lipinski definition) is 2. The van der Waals surface area contributed by atoms with Gasteiger partial charge in [-0.25, -0.2) is 4.79 Å². The van der Waals surface area contributed by atoms with Gasteiger partial charge in [0.15, 0.2) is 0 Å². The summed E-state index contributed by atoms with van der Waals surface area (Å²) >= 11 is 0. The molecule has 13 heavy (non-hydrogen) atoms. The summed E-state index contributed by atoms with van der Waals surface area (Å²) in [5.74, 6) is 0. The van der Waals surface area contributed by atoms with Crippen LogP contribution in [0.1, 0.15) is 5.56 Å². The van der Waals surface area contributed by atoms with Gasteiger partial charge in [-0.3, -0.25) is 4.98 Å². The molecule has 1 rings (SSSR count). The standard InChI is InChI=1S/C9H11N3O/c10-9(13)12-5-1-2-8-3-6-11-7-4-8/h1-4,6-7H,5H2,(H3,10,12,13). The highest BCUT2D eigenvalue weighted by Gasteiger charge is 1.86. The molecule has 4 nitrogen and oxygen atoms in total. The highest BCUT2D eigenvalue weighted by molar-refractivity contribution is 5.71. The maximum absolute atomic E-state index is 10.3. The van der Waals surface area contributed by atoms with Crippen LogP contribution in [0.4, 0.5) is 4.79 Å². The molecule has 68 valence electrons. The zero-order valence-electron chi connectivity index (χ0n) is 7.10. The van der Waals surface area contributed by atoms with Crippen molar-refractivity contribution < 1.29 is 4.79 Å². The molecular weight excluding hydrogens is 166 g/mol. The molecule has 0 aliphatic carbocycles. The third kappa shape index (κ3) is 3.91. The summed E-state index contributed by atoms with van der Waals surface area (Å²) in [5.41, 5.74) is 5.92. The number of hydrogen-bond acceptors (Lipinski definition) is 2. The van der Waals surface area contributed by atoms with E-state index in [-0.39, 0.29) is 0 Å². The highest BCUT2D eigenvalue weighted by atomic mass is 16.2. The van der Waals surface area contributed by atoms with Crippen LogP contribution in [-0.2, 0) is 0 Å². The number of carbonyl (C=O) groups is 1. The van der Waals surface area contributed by atoms with Crippen molar-refractivity contribution in [2.45, 2.75) is 0 Å². The van der Waals surface area contributed by atoms with Gasteiger partial charge in [-0.2, -0.15) is 0 Å². The Kier molecular flexibility index (Phi) is 3.50. The van der Waals surface area contributed by atoms with Gasteiger partial charge in [-0.1, -0.05) is 12.2 Å². The molecule has 0 atom stereocenters. The van der Waals surface area contributed by atoms with Gasteiger partial charge in [-0.15, -0.1) is 0 Å². The summed E-state index contributed by atoms with van der Waals surface area (Å²) in [5, 5.41) is 2.45. The minimum atomic E-state index is -0.514. The van der Waals surface area contributed by atoms with E-state index < -0.39 is 6.03 Å². The van der Waals surface area contributed by atoms with Crippen molar-refractivity contribution in [1.29, 1.82) is 0 Å². The maximum atomic E-state index is 10.3. The molecule has 0 aliphatic heterocycles. The zero-order chi connectivity index (χ0) is 9.52. The Morgan fingerprint density at radius 1 is 1.54 bits per heavy atom. The second-order valence-corrected chi connectivity index (χ2v) is 2.43. The molecule has 0 saturated heterocycles. The number of nitrogens with zero attached hydrogens (tertiary/aromatic N) is 1. The Hall–Kier alpha value is -1.84. The largest absolute Gasteiger partial charge is 0.352 e. The molecule has 2 amide bonds. The predicted octanol–water partition coefficient (Wildman–Crippen LogP) is 0.763. The number of amides is 2. The van der Waals surface area contributed by atoms with Crippen molar-refractivity contribution in [3.8, 4) is 0 Å². The summed E-state index contributed by atoms with van der Waals surface area (Å²) in [6, 6.07) is 3.24. The first-order chi connectivity index (χ1) is 6.29. The van der Waals surface area contributed by atoms with Gasteiger partial charge in [-0.05, 0) is 17.7 Å². The molecule has 1 aromatic rings. The monoisotopic (exact) mass is 177 g/mol. The fourth-order valence-electron chi connectivity index (χ4n) is 0.829. The number of nitrogens with two attached hydrogens (primary N) is 1. The molecule has 0 aromatic carbocycles. The lowest BCUT2D eigenvalue weighted by Gasteiger charge is -1.94. The van der Waals surface area contributed by atoms with Crippen molar-refractivity contribution >= 4 is 12.1 Å². The van der Waals surface area contributed by atoms with E-state index in [4.69, 9.17) is 5.73 Å². The molecule has 0 radical (unpaired) electrons. The van der Waals surface area contributed by atoms with E-state index in [9.17, 15) is 4.79 Å². The molecule has 3 N–H and O–H groups in total. The summed E-state index contributed by atoms with van der Waals surface area (Å²) in [6.45, 7) is 0.442. The van der Waals surface area contributed by atoms with Crippen LogP contribution in [0.25, 0.3) is 6.08 Å². The van der Waals surface area contributed by atoms with Gasteiger partial charge in [0.2, 0.25) is 0 Å². The number of primary amides is 1. The quantitative estimate of drug-likeness (QED) is 0.715. The molecule has 0 unspecified atom stereocenters. The summed E-state index contributed by atoms with van der Waals surface area (Å²) in [4.78, 5) is 14.2. The normalized spacial score (nSPS) is 10.2. The first kappa shape index (κ1) is 9.25. The van der Waals surface area contributed by atoms with Gasteiger partial charge in [0.25, 0.3) is 0 Å². The number of carbonyl (C=O) groups excluding carboxylic acids is 1. The van der Waals surface area contributed by atoms with Crippen LogP contribution in [0.3, 0.4) is 0 Å². The van der Waals surface area contributed by atoms with E-state index >= 15 is 0 Å². The van der Waals surface area contributed by atoms with Crippen molar-refractivity contribution in [3.05, 3.63) is 36.2 Å². The lowest BCUT2D eigenvalue weighted by molar-refractivity contribution is 0.250. The molecule has 1 heterocycles. The van der Waals surface area contributed by atoms with E-state index in [0.717, 1.165) is 5.56 Å². The topological polar surface area (TPSA) is 68.0 Å². The fraction of sp³-hybridized carbons (Fsp3) is 0.111. The fourth-order valence-corrected chi connectivity index (χ4v) is 0.829. The van der Waals surface area contributed by atoms with Crippen LogP contribution in [0.15, 0.2) is 30.6 Å². The Morgan fingerprint density at radius 2 is 2.23 bits per heavy atom. The van der Waals surface area contributed by atoms with Crippen molar-refractivity contribution in [2.75, 3.05) is 6.54 Å². The van der Waals surface area contributed by atoms with Crippen LogP contribution in [-0.4, -0.2) is 17.6 Å². The Morgan fingerprint density at radius 3 is 2.85 bits per heavy atom. The van der Waals surface area contributed by atoms with Crippen LogP contribution >= 0.6 is 0 Å². The van der Waals surface area contributed by atoms with E-state index in [1.165, 1.54) is 0 Å². The average molecular weight is 177 g/mol. The molecule has 4 heteroatoms. The minimum Gasteiger partial charge on any atom is -0.352 e. The van der Waals surface area contributed by atoms with Gasteiger partial charge in [0, 0.05) is 18.9 Å². The summed E-state index contributed by atoms with van der Waals surface area (Å²) in [7, 11) is 0. The van der Waals surface area contributed by atoms with Crippen molar-refractivity contribution in [2.24, 2.45) is 5.73 Å². The second kappa shape index (κ2) is 4.92. The van der Waals surface area contributed by atoms with Crippen LogP contribution < -0.4 is 11.1 Å². The van der Waals surface area contributed by atoms with E-state index in [1.807, 2.05) is 24.3 Å². The number of urea groups is 1. The van der Waals surface area contributed by atoms with Gasteiger partial charge < -0.3 is 11.1 Å². The first-order valence-electron chi connectivity index (χ1n) is 3.89. The predicted molar refractivity (Wildman–Crippen MR) is 50.9 cm³/mol. The molecule has 0 bridgehead atoms. The van der Waals surface area contributed by atoms with Gasteiger partial charge in [0.05, 0.1) is 0 Å². The molecule has 0 fully saturated rings. The number of aromatic nitrogens is 1. The lowest BCUT2D eigenvalue weighted by Crippen LogP contribution is -2.29. The Balaban J connectivity index is 2.37. The third-order valence-corrected chi connectivity index (χ3v) is 1.41. The zero-order valence-corrected chi connectivity index (χ0v) is 7.10. The molecule has 1 aromatic heterocycles. The van der Waals surface area contributed by atoms with Crippen molar-refractivity contribution in [3.63, 3.8) is 0 Å². The smallest absolute Gasteiger partial charge is 0.312 e. The van der Waals surface area contributed by atoms with Crippen molar-refractivity contribution in [1.82, 2.24) is 10.3 Å². The van der Waals surface area contributed by atoms with Crippen LogP contribution in [0.5, 0.6) is 0 Å². The lowest BCUT2D eigenvalue weighted by atomic mass is 10.2. The minimum absolute atomic E-state index is 0.442. The molecule has 0 aliphatic rings. The van der Waals surface area contributed by atoms with Crippen LogP contribution in [0, 0.1) is 0 Å². The van der Waals surface area contributed by atoms with E-state index in [2.05, 4.69) is 10.3 Å². The number of pyridine rings is 1. The molecular formula is C9H11N3O. The van der Waals surface area contributed by atoms with Gasteiger partial charge in [0.1, 0.15) is 0 Å². The third-order valence-electron chi connectivity index (χ3n) is 1.41. The van der Waals surface area contributed by atoms with E-state index in [0.29, 0.717) is 6.54 Å². The van der Waals surface area contributed by atoms with Gasteiger partial charge >= 0.3 is 6.03 Å². The number of rotatable bonds is 3. The molecule has 0 saturated carbocycles.